The van der Waals surface area contributed by atoms with Crippen LogP contribution in [0.5, 0.6) is 0 Å². The number of rotatable bonds is 4. The molecular weight excluding hydrogens is 377 g/mol. The van der Waals surface area contributed by atoms with E-state index in [9.17, 15) is 27.6 Å². The van der Waals surface area contributed by atoms with Gasteiger partial charge in [-0.25, -0.2) is 0 Å². The van der Waals surface area contributed by atoms with Crippen LogP contribution in [0.15, 0.2) is 59.7 Å². The minimum absolute atomic E-state index is 0.242. The lowest BCUT2D eigenvalue weighted by atomic mass is 10.0. The molecule has 10 heteroatoms. The lowest BCUT2D eigenvalue weighted by Crippen LogP contribution is -2.41. The third kappa shape index (κ3) is 3.70. The molecule has 3 N–H and O–H groups in total. The summed E-state index contributed by atoms with van der Waals surface area (Å²) in [5, 5.41) is 6.76. The van der Waals surface area contributed by atoms with Gasteiger partial charge in [0.25, 0.3) is 11.8 Å². The number of anilines is 2. The number of para-hydroxylation sites is 1. The molecule has 0 radical (unpaired) electrons. The Hall–Kier alpha value is -3.69. The third-order valence-electron chi connectivity index (χ3n) is 3.90. The van der Waals surface area contributed by atoms with Crippen molar-refractivity contribution in [1.29, 1.82) is 0 Å². The Morgan fingerprint density at radius 2 is 1.75 bits per heavy atom. The van der Waals surface area contributed by atoms with Crippen LogP contribution >= 0.6 is 0 Å². The predicted octanol–water partition coefficient (Wildman–Crippen LogP) is 2.15. The number of halogens is 3. The van der Waals surface area contributed by atoms with Crippen LogP contribution in [0.3, 0.4) is 0 Å². The number of Topliss-reactive ketones (excluding diaryl/α,β-unsaturated/α-hetero) is 1. The molecule has 2 amide bonds. The standard InChI is InChI=1S/C18H13F3N4O3/c19-18(20,21)10-5-4-6-11(9-10)23-16(27)14(26)13-15(22)24-25(17(13)28)12-7-2-1-3-8-12/h1-9,13H,(H2,22,24)(H,23,27)/t13-/m1/s1. The van der Waals surface area contributed by atoms with Crippen molar-refractivity contribution in [2.75, 3.05) is 10.3 Å². The van der Waals surface area contributed by atoms with E-state index in [1.54, 1.807) is 30.3 Å². The van der Waals surface area contributed by atoms with Gasteiger partial charge in [-0.05, 0) is 30.3 Å². The molecule has 0 aliphatic carbocycles. The van der Waals surface area contributed by atoms with Gasteiger partial charge in [0.1, 0.15) is 5.84 Å². The zero-order valence-electron chi connectivity index (χ0n) is 14.1. The number of nitrogens with zero attached hydrogens (tertiary/aromatic N) is 2. The number of nitrogens with one attached hydrogen (secondary N) is 1. The van der Waals surface area contributed by atoms with Gasteiger partial charge in [0.2, 0.25) is 5.78 Å². The Morgan fingerprint density at radius 3 is 2.39 bits per heavy atom. The van der Waals surface area contributed by atoms with Crippen molar-refractivity contribution in [2.24, 2.45) is 16.8 Å². The molecule has 0 saturated heterocycles. The highest BCUT2D eigenvalue weighted by molar-refractivity contribution is 6.50. The van der Waals surface area contributed by atoms with E-state index in [0.717, 1.165) is 17.1 Å². The van der Waals surface area contributed by atoms with Gasteiger partial charge in [0.15, 0.2) is 5.92 Å². The summed E-state index contributed by atoms with van der Waals surface area (Å²) < 4.78 is 38.3. The average molecular weight is 390 g/mol. The van der Waals surface area contributed by atoms with Gasteiger partial charge in [0, 0.05) is 5.69 Å². The Bertz CT molecular complexity index is 974. The molecule has 7 nitrogen and oxygen atoms in total. The first-order valence-corrected chi connectivity index (χ1v) is 7.94. The van der Waals surface area contributed by atoms with Crippen LogP contribution in [-0.2, 0) is 20.6 Å². The maximum absolute atomic E-state index is 12.8. The van der Waals surface area contributed by atoms with Crippen LogP contribution in [0, 0.1) is 5.92 Å². The van der Waals surface area contributed by atoms with Gasteiger partial charge < -0.3 is 11.1 Å². The van der Waals surface area contributed by atoms with Crippen LogP contribution in [0.4, 0.5) is 24.5 Å². The topological polar surface area (TPSA) is 105 Å². The number of amidine groups is 1. The predicted molar refractivity (Wildman–Crippen MR) is 94.1 cm³/mol. The van der Waals surface area contributed by atoms with E-state index in [1.807, 2.05) is 0 Å². The zero-order chi connectivity index (χ0) is 20.5. The molecule has 28 heavy (non-hydrogen) atoms. The molecule has 3 rings (SSSR count). The summed E-state index contributed by atoms with van der Waals surface area (Å²) in [7, 11) is 0. The van der Waals surface area contributed by atoms with Crippen molar-refractivity contribution in [1.82, 2.24) is 0 Å². The summed E-state index contributed by atoms with van der Waals surface area (Å²) in [4.78, 5) is 37.0. The largest absolute Gasteiger partial charge is 0.416 e. The Balaban J connectivity index is 1.76. The summed E-state index contributed by atoms with van der Waals surface area (Å²) in [5.74, 6) is -5.34. The van der Waals surface area contributed by atoms with E-state index in [2.05, 4.69) is 10.4 Å². The summed E-state index contributed by atoms with van der Waals surface area (Å²) >= 11 is 0. The number of amides is 2. The lowest BCUT2D eigenvalue weighted by molar-refractivity contribution is -0.138. The van der Waals surface area contributed by atoms with Crippen molar-refractivity contribution >= 4 is 34.8 Å². The second-order valence-electron chi connectivity index (χ2n) is 5.84. The average Bonchev–Trinajstić information content (AvgIpc) is 2.95. The molecule has 0 aromatic heterocycles. The number of carbonyl (C=O) groups is 3. The monoisotopic (exact) mass is 390 g/mol. The molecule has 0 fully saturated rings. The van der Waals surface area contributed by atoms with Gasteiger partial charge in [-0.1, -0.05) is 24.3 Å². The molecule has 144 valence electrons. The number of carbonyl (C=O) groups excluding carboxylic acids is 3. The Morgan fingerprint density at radius 1 is 1.07 bits per heavy atom. The van der Waals surface area contributed by atoms with Crippen LogP contribution in [0.2, 0.25) is 0 Å². The van der Waals surface area contributed by atoms with E-state index in [0.29, 0.717) is 11.8 Å². The molecular formula is C18H13F3N4O3. The van der Waals surface area contributed by atoms with Crippen molar-refractivity contribution in [3.8, 4) is 0 Å². The highest BCUT2D eigenvalue weighted by atomic mass is 19.4. The quantitative estimate of drug-likeness (QED) is 0.616. The second kappa shape index (κ2) is 7.14. The summed E-state index contributed by atoms with van der Waals surface area (Å²) in [6.07, 6.45) is -4.61. The molecule has 0 unspecified atom stereocenters. The highest BCUT2D eigenvalue weighted by Gasteiger charge is 2.43. The first-order valence-electron chi connectivity index (χ1n) is 7.94. The van der Waals surface area contributed by atoms with Gasteiger partial charge in [-0.15, -0.1) is 0 Å². The lowest BCUT2D eigenvalue weighted by Gasteiger charge is -2.13. The van der Waals surface area contributed by atoms with E-state index >= 15 is 0 Å². The van der Waals surface area contributed by atoms with Crippen LogP contribution in [-0.4, -0.2) is 23.4 Å². The van der Waals surface area contributed by atoms with Crippen molar-refractivity contribution in [3.63, 3.8) is 0 Å². The second-order valence-corrected chi connectivity index (χ2v) is 5.84. The fourth-order valence-electron chi connectivity index (χ4n) is 2.57. The zero-order valence-corrected chi connectivity index (χ0v) is 14.1. The highest BCUT2D eigenvalue weighted by Crippen LogP contribution is 2.30. The number of hydrogen-bond acceptors (Lipinski definition) is 5. The SMILES string of the molecule is NC1=NN(c2ccccc2)C(=O)[C@@H]1C(=O)C(=O)Nc1cccc(C(F)(F)F)c1. The van der Waals surface area contributed by atoms with E-state index < -0.39 is 35.3 Å². The number of nitrogens with two attached hydrogens (primary N) is 1. The van der Waals surface area contributed by atoms with E-state index in [1.165, 1.54) is 6.07 Å². The molecule has 1 heterocycles. The van der Waals surface area contributed by atoms with Crippen LogP contribution < -0.4 is 16.1 Å². The first-order chi connectivity index (χ1) is 13.2. The molecule has 2 aromatic carbocycles. The third-order valence-corrected chi connectivity index (χ3v) is 3.90. The van der Waals surface area contributed by atoms with Crippen LogP contribution in [0.1, 0.15) is 5.56 Å². The van der Waals surface area contributed by atoms with Crippen molar-refractivity contribution in [3.05, 3.63) is 60.2 Å². The van der Waals surface area contributed by atoms with Gasteiger partial charge in [0.05, 0.1) is 11.3 Å². The molecule has 0 bridgehead atoms. The summed E-state index contributed by atoms with van der Waals surface area (Å²) in [6, 6.07) is 11.9. The van der Waals surface area contributed by atoms with Crippen molar-refractivity contribution < 1.29 is 27.6 Å². The summed E-state index contributed by atoms with van der Waals surface area (Å²) in [6.45, 7) is 0. The number of benzene rings is 2. The Labute approximate surface area is 156 Å². The molecule has 1 aliphatic heterocycles. The smallest absolute Gasteiger partial charge is 0.385 e. The first kappa shape index (κ1) is 19.1. The summed E-state index contributed by atoms with van der Waals surface area (Å²) in [5.41, 5.74) is 4.76. The minimum Gasteiger partial charge on any atom is -0.385 e. The molecule has 0 saturated carbocycles. The van der Waals surface area contributed by atoms with Gasteiger partial charge in [-0.3, -0.25) is 14.4 Å². The molecule has 2 aromatic rings. The molecule has 0 spiro atoms. The fraction of sp³-hybridized carbons (Fsp3) is 0.111. The van der Waals surface area contributed by atoms with E-state index in [-0.39, 0.29) is 11.5 Å². The van der Waals surface area contributed by atoms with Crippen molar-refractivity contribution in [2.45, 2.75) is 6.18 Å². The number of ketones is 1. The Kier molecular flexibility index (Phi) is 4.87. The fourth-order valence-corrected chi connectivity index (χ4v) is 2.57. The van der Waals surface area contributed by atoms with Gasteiger partial charge in [-0.2, -0.15) is 23.3 Å². The minimum atomic E-state index is -4.61. The number of hydrazone groups is 1. The number of alkyl halides is 3. The molecule has 1 atom stereocenters. The number of hydrogen-bond donors (Lipinski definition) is 2. The maximum atomic E-state index is 12.8. The maximum Gasteiger partial charge on any atom is 0.416 e. The van der Waals surface area contributed by atoms with Crippen LogP contribution in [0.25, 0.3) is 0 Å². The van der Waals surface area contributed by atoms with Gasteiger partial charge >= 0.3 is 6.18 Å². The normalized spacial score (nSPS) is 16.7. The molecule has 1 aliphatic rings. The van der Waals surface area contributed by atoms with E-state index in [4.69, 9.17) is 5.73 Å².